The SMILES string of the molecule is Cc1cc(C=C2C(=O)NC(=O)N(Cc3ccco3)C2=O)c(C)n1C. The van der Waals surface area contributed by atoms with Crippen molar-refractivity contribution in [3.8, 4) is 0 Å². The standard InChI is InChI=1S/C17H17N3O4/c1-10-7-12(11(2)19(10)3)8-14-15(21)18-17(23)20(16(14)22)9-13-5-4-6-24-13/h4-8H,9H2,1-3H3,(H,18,21,23). The second kappa shape index (κ2) is 5.84. The summed E-state index contributed by atoms with van der Waals surface area (Å²) in [5.41, 5.74) is 2.62. The summed E-state index contributed by atoms with van der Waals surface area (Å²) in [6.07, 6.45) is 2.97. The fourth-order valence-corrected chi connectivity index (χ4v) is 2.58. The Labute approximate surface area is 138 Å². The Morgan fingerprint density at radius 3 is 2.58 bits per heavy atom. The highest BCUT2D eigenvalue weighted by atomic mass is 16.3. The van der Waals surface area contributed by atoms with Gasteiger partial charge in [0.1, 0.15) is 11.3 Å². The van der Waals surface area contributed by atoms with Crippen LogP contribution in [0.25, 0.3) is 6.08 Å². The average Bonchev–Trinajstić information content (AvgIpc) is 3.13. The van der Waals surface area contributed by atoms with Crippen molar-refractivity contribution in [2.24, 2.45) is 7.05 Å². The molecular formula is C17H17N3O4. The number of amides is 4. The maximum Gasteiger partial charge on any atom is 0.331 e. The third-order valence-electron chi connectivity index (χ3n) is 4.19. The zero-order valence-corrected chi connectivity index (χ0v) is 13.6. The Balaban J connectivity index is 1.96. The smallest absolute Gasteiger partial charge is 0.331 e. The van der Waals surface area contributed by atoms with Crippen molar-refractivity contribution in [1.29, 1.82) is 0 Å². The summed E-state index contributed by atoms with van der Waals surface area (Å²) in [5.74, 6) is -0.874. The first-order valence-corrected chi connectivity index (χ1v) is 7.42. The van der Waals surface area contributed by atoms with Gasteiger partial charge < -0.3 is 8.98 Å². The highest BCUT2D eigenvalue weighted by molar-refractivity contribution is 6.30. The summed E-state index contributed by atoms with van der Waals surface area (Å²) in [5, 5.41) is 2.19. The molecular weight excluding hydrogens is 310 g/mol. The minimum absolute atomic E-state index is 0.0327. The van der Waals surface area contributed by atoms with Crippen molar-refractivity contribution in [2.75, 3.05) is 0 Å². The topological polar surface area (TPSA) is 84.6 Å². The van der Waals surface area contributed by atoms with E-state index in [1.54, 1.807) is 12.1 Å². The van der Waals surface area contributed by atoms with Crippen LogP contribution in [-0.4, -0.2) is 27.3 Å². The van der Waals surface area contributed by atoms with E-state index in [1.807, 2.05) is 31.5 Å². The molecule has 1 N–H and O–H groups in total. The quantitative estimate of drug-likeness (QED) is 0.689. The molecule has 0 aliphatic carbocycles. The van der Waals surface area contributed by atoms with Gasteiger partial charge in [-0.3, -0.25) is 19.8 Å². The number of hydrogen-bond acceptors (Lipinski definition) is 4. The summed E-state index contributed by atoms with van der Waals surface area (Å²) < 4.78 is 7.13. The number of rotatable bonds is 3. The molecule has 1 saturated heterocycles. The van der Waals surface area contributed by atoms with E-state index in [0.717, 1.165) is 21.9 Å². The van der Waals surface area contributed by atoms with Crippen LogP contribution < -0.4 is 5.32 Å². The van der Waals surface area contributed by atoms with Gasteiger partial charge in [0, 0.05) is 18.4 Å². The van der Waals surface area contributed by atoms with Crippen molar-refractivity contribution >= 4 is 23.9 Å². The van der Waals surface area contributed by atoms with Crippen molar-refractivity contribution in [3.63, 3.8) is 0 Å². The van der Waals surface area contributed by atoms with E-state index in [2.05, 4.69) is 5.32 Å². The number of furan rings is 1. The lowest BCUT2D eigenvalue weighted by molar-refractivity contribution is -0.130. The van der Waals surface area contributed by atoms with Crippen LogP contribution in [0.2, 0.25) is 0 Å². The molecule has 4 amide bonds. The van der Waals surface area contributed by atoms with Gasteiger partial charge in [-0.1, -0.05) is 0 Å². The molecule has 0 atom stereocenters. The lowest BCUT2D eigenvalue weighted by Gasteiger charge is -2.25. The van der Waals surface area contributed by atoms with Gasteiger partial charge in [0.2, 0.25) is 0 Å². The monoisotopic (exact) mass is 327 g/mol. The van der Waals surface area contributed by atoms with Gasteiger partial charge in [-0.2, -0.15) is 0 Å². The second-order valence-electron chi connectivity index (χ2n) is 5.67. The molecule has 0 radical (unpaired) electrons. The number of carbonyl (C=O) groups excluding carboxylic acids is 3. The zero-order chi connectivity index (χ0) is 17.4. The molecule has 2 aromatic heterocycles. The molecule has 3 heterocycles. The van der Waals surface area contributed by atoms with Gasteiger partial charge in [0.25, 0.3) is 11.8 Å². The Bertz CT molecular complexity index is 859. The van der Waals surface area contributed by atoms with Crippen molar-refractivity contribution in [2.45, 2.75) is 20.4 Å². The van der Waals surface area contributed by atoms with Crippen LogP contribution in [0, 0.1) is 13.8 Å². The molecule has 1 aliphatic rings. The molecule has 0 unspecified atom stereocenters. The molecule has 0 aromatic carbocycles. The lowest BCUT2D eigenvalue weighted by Crippen LogP contribution is -2.53. The van der Waals surface area contributed by atoms with Gasteiger partial charge in [-0.25, -0.2) is 4.79 Å². The number of imide groups is 2. The second-order valence-corrected chi connectivity index (χ2v) is 5.67. The van der Waals surface area contributed by atoms with E-state index in [1.165, 1.54) is 12.3 Å². The number of nitrogens with zero attached hydrogens (tertiary/aromatic N) is 2. The molecule has 24 heavy (non-hydrogen) atoms. The van der Waals surface area contributed by atoms with Gasteiger partial charge in [-0.05, 0) is 43.7 Å². The third-order valence-corrected chi connectivity index (χ3v) is 4.19. The first kappa shape index (κ1) is 15.8. The normalized spacial score (nSPS) is 16.9. The van der Waals surface area contributed by atoms with Crippen LogP contribution >= 0.6 is 0 Å². The van der Waals surface area contributed by atoms with E-state index in [0.29, 0.717) is 5.76 Å². The Morgan fingerprint density at radius 2 is 2.00 bits per heavy atom. The molecule has 124 valence electrons. The van der Waals surface area contributed by atoms with E-state index >= 15 is 0 Å². The van der Waals surface area contributed by atoms with E-state index in [9.17, 15) is 14.4 Å². The van der Waals surface area contributed by atoms with Crippen LogP contribution in [0.15, 0.2) is 34.5 Å². The Morgan fingerprint density at radius 1 is 1.25 bits per heavy atom. The summed E-state index contributed by atoms with van der Waals surface area (Å²) in [6, 6.07) is 4.46. The molecule has 3 rings (SSSR count). The van der Waals surface area contributed by atoms with Crippen LogP contribution in [0.1, 0.15) is 22.7 Å². The predicted octanol–water partition coefficient (Wildman–Crippen LogP) is 1.90. The van der Waals surface area contributed by atoms with Gasteiger partial charge in [-0.15, -0.1) is 0 Å². The van der Waals surface area contributed by atoms with Crippen molar-refractivity contribution in [3.05, 3.63) is 52.7 Å². The first-order chi connectivity index (χ1) is 11.4. The van der Waals surface area contributed by atoms with E-state index in [-0.39, 0.29) is 12.1 Å². The molecule has 7 heteroatoms. The maximum absolute atomic E-state index is 12.6. The lowest BCUT2D eigenvalue weighted by atomic mass is 10.1. The van der Waals surface area contributed by atoms with Crippen LogP contribution in [0.4, 0.5) is 4.79 Å². The first-order valence-electron chi connectivity index (χ1n) is 7.42. The zero-order valence-electron chi connectivity index (χ0n) is 13.6. The van der Waals surface area contributed by atoms with Gasteiger partial charge >= 0.3 is 6.03 Å². The van der Waals surface area contributed by atoms with Crippen molar-refractivity contribution in [1.82, 2.24) is 14.8 Å². The van der Waals surface area contributed by atoms with Crippen LogP contribution in [0.3, 0.4) is 0 Å². The number of hydrogen-bond donors (Lipinski definition) is 1. The molecule has 1 fully saturated rings. The highest BCUT2D eigenvalue weighted by Gasteiger charge is 2.36. The Kier molecular flexibility index (Phi) is 3.84. The third kappa shape index (κ3) is 2.64. The summed E-state index contributed by atoms with van der Waals surface area (Å²) in [4.78, 5) is 37.6. The molecule has 0 saturated carbocycles. The number of aryl methyl sites for hydroxylation is 1. The summed E-state index contributed by atoms with van der Waals surface area (Å²) in [7, 11) is 1.90. The number of aromatic nitrogens is 1. The van der Waals surface area contributed by atoms with Crippen LogP contribution in [0.5, 0.6) is 0 Å². The molecule has 1 aliphatic heterocycles. The van der Waals surface area contributed by atoms with E-state index in [4.69, 9.17) is 4.42 Å². The van der Waals surface area contributed by atoms with Gasteiger partial charge in [0.05, 0.1) is 12.8 Å². The summed E-state index contributed by atoms with van der Waals surface area (Å²) in [6.45, 7) is 3.80. The number of urea groups is 1. The summed E-state index contributed by atoms with van der Waals surface area (Å²) >= 11 is 0. The fraction of sp³-hybridized carbons (Fsp3) is 0.235. The highest BCUT2D eigenvalue weighted by Crippen LogP contribution is 2.20. The molecule has 2 aromatic rings. The maximum atomic E-state index is 12.6. The number of carbonyl (C=O) groups is 3. The number of barbiturate groups is 1. The average molecular weight is 327 g/mol. The molecule has 0 bridgehead atoms. The van der Waals surface area contributed by atoms with Crippen LogP contribution in [-0.2, 0) is 23.2 Å². The minimum Gasteiger partial charge on any atom is -0.467 e. The predicted molar refractivity (Wildman–Crippen MR) is 85.7 cm³/mol. The minimum atomic E-state index is -0.750. The van der Waals surface area contributed by atoms with E-state index < -0.39 is 17.8 Å². The van der Waals surface area contributed by atoms with Crippen molar-refractivity contribution < 1.29 is 18.8 Å². The number of nitrogens with one attached hydrogen (secondary N) is 1. The van der Waals surface area contributed by atoms with Gasteiger partial charge in [0.15, 0.2) is 0 Å². The fourth-order valence-electron chi connectivity index (χ4n) is 2.58. The Hall–Kier alpha value is -3.09. The largest absolute Gasteiger partial charge is 0.467 e. The molecule has 0 spiro atoms. The molecule has 7 nitrogen and oxygen atoms in total.